The number of aliphatic hydroxyl groups is 1. The van der Waals surface area contributed by atoms with Crippen molar-refractivity contribution in [3.05, 3.63) is 0 Å². The van der Waals surface area contributed by atoms with Crippen molar-refractivity contribution >= 4 is 8.32 Å². The van der Waals surface area contributed by atoms with E-state index in [9.17, 15) is 5.11 Å². The molecule has 0 rings (SSSR count). The summed E-state index contributed by atoms with van der Waals surface area (Å²) in [4.78, 5) is 0. The van der Waals surface area contributed by atoms with Gasteiger partial charge >= 0.3 is 0 Å². The molecule has 0 spiro atoms. The van der Waals surface area contributed by atoms with E-state index in [4.69, 9.17) is 47.1 Å². The predicted molar refractivity (Wildman–Crippen MR) is 258 cm³/mol. The van der Waals surface area contributed by atoms with Crippen molar-refractivity contribution in [1.82, 2.24) is 0 Å². The first-order valence-corrected chi connectivity index (χ1v) is 28.5. The molecule has 0 aliphatic carbocycles. The maximum absolute atomic E-state index is 10.7. The standard InChI is InChI=1S/C50H104O11Si/c1-14-22-30-53-42(38-51)46(57-34-26-18-5)47(58-35-27-19-6)43(54-31-23-15-2)39-52-40-44(55-32-24-16-3)48(59-36-28-20-7)49(60-37-29-21-8)45(56-33-25-17-4)41-61-62(12,13)50(9,10)11/h42-49,51H,14-41H2,1-13H3/t42-,43-,44-,45-,46-,47-,48-,49-/m1/s1. The van der Waals surface area contributed by atoms with E-state index in [2.05, 4.69) is 89.3 Å². The fraction of sp³-hybridized carbons (Fsp3) is 1.00. The van der Waals surface area contributed by atoms with E-state index in [1.165, 1.54) is 0 Å². The maximum Gasteiger partial charge on any atom is 0.192 e. The minimum absolute atomic E-state index is 0.0446. The number of hydrogen-bond donors (Lipinski definition) is 1. The van der Waals surface area contributed by atoms with Crippen LogP contribution in [0.3, 0.4) is 0 Å². The van der Waals surface area contributed by atoms with Gasteiger partial charge < -0.3 is 52.2 Å². The summed E-state index contributed by atoms with van der Waals surface area (Å²) in [5.41, 5.74) is 0. The molecule has 0 aromatic carbocycles. The average molecular weight is 909 g/mol. The number of aliphatic hydroxyl groups excluding tert-OH is 1. The molecule has 0 amide bonds. The van der Waals surface area contributed by atoms with Crippen molar-refractivity contribution in [1.29, 1.82) is 0 Å². The van der Waals surface area contributed by atoms with E-state index in [0.29, 0.717) is 59.5 Å². The number of hydrogen-bond acceptors (Lipinski definition) is 11. The quantitative estimate of drug-likeness (QED) is 0.0465. The molecule has 8 atom stereocenters. The van der Waals surface area contributed by atoms with Crippen molar-refractivity contribution in [2.24, 2.45) is 0 Å². The zero-order chi connectivity index (χ0) is 46.5. The van der Waals surface area contributed by atoms with Crippen LogP contribution in [0.2, 0.25) is 18.1 Å². The summed E-state index contributed by atoms with van der Waals surface area (Å²) in [6.07, 6.45) is 11.5. The second-order valence-electron chi connectivity index (χ2n) is 18.6. The molecular weight excluding hydrogens is 805 g/mol. The third-order valence-electron chi connectivity index (χ3n) is 11.8. The van der Waals surface area contributed by atoms with Gasteiger partial charge in [-0.3, -0.25) is 0 Å². The van der Waals surface area contributed by atoms with Gasteiger partial charge in [-0.25, -0.2) is 0 Å². The van der Waals surface area contributed by atoms with E-state index < -0.39 is 51.0 Å². The van der Waals surface area contributed by atoms with Crippen LogP contribution in [-0.4, -0.2) is 142 Å². The van der Waals surface area contributed by atoms with Crippen molar-refractivity contribution in [2.75, 3.05) is 79.3 Å². The molecule has 62 heavy (non-hydrogen) atoms. The molecule has 0 saturated heterocycles. The molecule has 1 N–H and O–H groups in total. The Hall–Kier alpha value is -0.223. The summed E-state index contributed by atoms with van der Waals surface area (Å²) in [5.74, 6) is 0. The molecule has 0 unspecified atom stereocenters. The molecule has 11 nitrogen and oxygen atoms in total. The molecule has 0 aliphatic rings. The average Bonchev–Trinajstić information content (AvgIpc) is 3.24. The Labute approximate surface area is 384 Å². The lowest BCUT2D eigenvalue weighted by Crippen LogP contribution is -2.55. The Morgan fingerprint density at radius 3 is 0.871 bits per heavy atom. The first kappa shape index (κ1) is 61.8. The summed E-state index contributed by atoms with van der Waals surface area (Å²) in [6, 6.07) is 0. The van der Waals surface area contributed by atoms with Gasteiger partial charge in [-0.05, 0) is 69.5 Å². The Morgan fingerprint density at radius 2 is 0.613 bits per heavy atom. The van der Waals surface area contributed by atoms with Crippen molar-refractivity contribution < 1.29 is 52.2 Å². The smallest absolute Gasteiger partial charge is 0.192 e. The minimum atomic E-state index is -2.12. The third-order valence-corrected chi connectivity index (χ3v) is 16.3. The fourth-order valence-electron chi connectivity index (χ4n) is 6.40. The minimum Gasteiger partial charge on any atom is -0.414 e. The van der Waals surface area contributed by atoms with Gasteiger partial charge in [0.1, 0.15) is 48.8 Å². The van der Waals surface area contributed by atoms with Crippen LogP contribution in [0.1, 0.15) is 179 Å². The summed E-state index contributed by atoms with van der Waals surface area (Å²) < 4.78 is 67.5. The molecule has 0 aromatic rings. The Morgan fingerprint density at radius 1 is 0.371 bits per heavy atom. The first-order valence-electron chi connectivity index (χ1n) is 25.6. The molecular formula is C50H104O11Si. The highest BCUT2D eigenvalue weighted by atomic mass is 28.4. The predicted octanol–water partition coefficient (Wildman–Crippen LogP) is 11.5. The molecule has 0 bridgehead atoms. The lowest BCUT2D eigenvalue weighted by molar-refractivity contribution is -0.208. The zero-order valence-electron chi connectivity index (χ0n) is 42.9. The SMILES string of the molecule is CCCCO[C@@H]([C@H](OCCCC)[C@@H](COC[C@@H](OCCCC)[C@@H](OCCCC)[C@H](OCCCC)[C@@H](CO[Si](C)(C)C(C)(C)C)OCCCC)OCCCC)[C@@H](CO)OCCCC. The lowest BCUT2D eigenvalue weighted by atomic mass is 10.0. The summed E-state index contributed by atoms with van der Waals surface area (Å²) >= 11 is 0. The summed E-state index contributed by atoms with van der Waals surface area (Å²) in [6.45, 7) is 34.0. The van der Waals surface area contributed by atoms with E-state index >= 15 is 0 Å². The number of rotatable bonds is 46. The molecule has 0 aromatic heterocycles. The maximum atomic E-state index is 10.7. The van der Waals surface area contributed by atoms with E-state index in [1.807, 2.05) is 0 Å². The van der Waals surface area contributed by atoms with E-state index in [0.717, 1.165) is 103 Å². The highest BCUT2D eigenvalue weighted by Crippen LogP contribution is 2.37. The second kappa shape index (κ2) is 39.9. The molecule has 0 heterocycles. The summed E-state index contributed by atoms with van der Waals surface area (Å²) in [7, 11) is -2.12. The van der Waals surface area contributed by atoms with E-state index in [-0.39, 0.29) is 31.0 Å². The molecule has 0 radical (unpaired) electrons. The topological polar surface area (TPSA) is 113 Å². The van der Waals surface area contributed by atoms with Crippen LogP contribution < -0.4 is 0 Å². The second-order valence-corrected chi connectivity index (χ2v) is 23.4. The van der Waals surface area contributed by atoms with E-state index in [1.54, 1.807) is 0 Å². The van der Waals surface area contributed by atoms with Gasteiger partial charge in [0.2, 0.25) is 0 Å². The lowest BCUT2D eigenvalue weighted by Gasteiger charge is -2.41. The van der Waals surface area contributed by atoms with Crippen LogP contribution >= 0.6 is 0 Å². The van der Waals surface area contributed by atoms with Gasteiger partial charge in [0, 0.05) is 52.9 Å². The van der Waals surface area contributed by atoms with Gasteiger partial charge in [-0.1, -0.05) is 128 Å². The van der Waals surface area contributed by atoms with Gasteiger partial charge in [0.05, 0.1) is 26.4 Å². The molecule has 0 fully saturated rings. The Bertz CT molecular complexity index is 954. The molecule has 0 saturated carbocycles. The van der Waals surface area contributed by atoms with Gasteiger partial charge in [0.15, 0.2) is 8.32 Å². The highest BCUT2D eigenvalue weighted by molar-refractivity contribution is 6.74. The molecule has 0 aliphatic heterocycles. The Kier molecular flexibility index (Phi) is 39.8. The zero-order valence-corrected chi connectivity index (χ0v) is 43.9. The number of ether oxygens (including phenoxy) is 9. The van der Waals surface area contributed by atoms with Crippen LogP contribution in [0.15, 0.2) is 0 Å². The van der Waals surface area contributed by atoms with Gasteiger partial charge in [0.25, 0.3) is 0 Å². The van der Waals surface area contributed by atoms with Crippen LogP contribution in [0.4, 0.5) is 0 Å². The van der Waals surface area contributed by atoms with Crippen LogP contribution in [0.25, 0.3) is 0 Å². The number of unbranched alkanes of at least 4 members (excludes halogenated alkanes) is 8. The first-order chi connectivity index (χ1) is 29.9. The van der Waals surface area contributed by atoms with Gasteiger partial charge in [-0.15, -0.1) is 0 Å². The van der Waals surface area contributed by atoms with Crippen LogP contribution in [-0.2, 0) is 47.1 Å². The fourth-order valence-corrected chi connectivity index (χ4v) is 7.41. The molecule has 374 valence electrons. The van der Waals surface area contributed by atoms with Crippen LogP contribution in [0, 0.1) is 0 Å². The third kappa shape index (κ3) is 27.4. The van der Waals surface area contributed by atoms with Crippen molar-refractivity contribution in [3.63, 3.8) is 0 Å². The monoisotopic (exact) mass is 909 g/mol. The normalized spacial score (nSPS) is 16.5. The van der Waals surface area contributed by atoms with Gasteiger partial charge in [-0.2, -0.15) is 0 Å². The highest BCUT2D eigenvalue weighted by Gasteiger charge is 2.43. The Balaban J connectivity index is 7.21. The van der Waals surface area contributed by atoms with Crippen molar-refractivity contribution in [3.8, 4) is 0 Å². The summed E-state index contributed by atoms with van der Waals surface area (Å²) in [5, 5.41) is 10.8. The van der Waals surface area contributed by atoms with Crippen LogP contribution in [0.5, 0.6) is 0 Å². The molecule has 12 heteroatoms. The van der Waals surface area contributed by atoms with Crippen molar-refractivity contribution in [2.45, 2.75) is 246 Å². The largest absolute Gasteiger partial charge is 0.414 e.